The maximum Gasteiger partial charge on any atom is 0.416 e. The summed E-state index contributed by atoms with van der Waals surface area (Å²) in [6.07, 6.45) is -4.51. The summed E-state index contributed by atoms with van der Waals surface area (Å²) < 4.78 is 40.6. The number of alkyl halides is 3. The van der Waals surface area contributed by atoms with Gasteiger partial charge in [0.2, 0.25) is 5.91 Å². The molecule has 202 valence electrons. The number of benzene rings is 3. The summed E-state index contributed by atoms with van der Waals surface area (Å²) in [6, 6.07) is 20.8. The first-order valence-corrected chi connectivity index (χ1v) is 12.5. The summed E-state index contributed by atoms with van der Waals surface area (Å²) in [6.45, 7) is 6.99. The predicted molar refractivity (Wildman–Crippen MR) is 145 cm³/mol. The Hall–Kier alpha value is -4.40. The second-order valence-corrected chi connectivity index (χ2v) is 9.52. The zero-order valence-electron chi connectivity index (χ0n) is 22.1. The summed E-state index contributed by atoms with van der Waals surface area (Å²) in [5.41, 5.74) is 3.29. The molecule has 0 bridgehead atoms. The number of halogens is 3. The third kappa shape index (κ3) is 6.03. The minimum Gasteiger partial charge on any atom is -0.327 e. The van der Waals surface area contributed by atoms with Gasteiger partial charge in [-0.25, -0.2) is 4.68 Å². The van der Waals surface area contributed by atoms with Crippen LogP contribution in [-0.2, 0) is 11.0 Å². The summed E-state index contributed by atoms with van der Waals surface area (Å²) in [5, 5.41) is 7.69. The third-order valence-corrected chi connectivity index (χ3v) is 6.38. The normalized spacial score (nSPS) is 11.5. The van der Waals surface area contributed by atoms with Gasteiger partial charge in [-0.3, -0.25) is 9.59 Å². The minimum absolute atomic E-state index is 0.0651. The molecule has 0 aliphatic rings. The lowest BCUT2D eigenvalue weighted by molar-refractivity contribution is -0.137. The molecular weight excluding hydrogens is 505 g/mol. The van der Waals surface area contributed by atoms with E-state index in [1.807, 2.05) is 68.4 Å². The van der Waals surface area contributed by atoms with E-state index in [1.165, 1.54) is 4.90 Å². The monoisotopic (exact) mass is 534 g/mol. The van der Waals surface area contributed by atoms with E-state index in [9.17, 15) is 22.8 Å². The molecule has 1 aromatic heterocycles. The highest BCUT2D eigenvalue weighted by molar-refractivity contribution is 6.01. The van der Waals surface area contributed by atoms with Crippen molar-refractivity contribution in [1.82, 2.24) is 14.7 Å². The highest BCUT2D eigenvalue weighted by Gasteiger charge is 2.31. The van der Waals surface area contributed by atoms with Crippen molar-refractivity contribution in [1.29, 1.82) is 0 Å². The Kier molecular flexibility index (Phi) is 7.90. The molecule has 0 fully saturated rings. The molecule has 0 saturated carbocycles. The van der Waals surface area contributed by atoms with Crippen molar-refractivity contribution in [3.8, 4) is 16.8 Å². The van der Waals surface area contributed by atoms with Crippen molar-refractivity contribution in [2.24, 2.45) is 0 Å². The fourth-order valence-electron chi connectivity index (χ4n) is 4.35. The Morgan fingerprint density at radius 1 is 0.923 bits per heavy atom. The fraction of sp³-hybridized carbons (Fsp3) is 0.233. The number of hydrogen-bond donors (Lipinski definition) is 1. The molecule has 0 saturated heterocycles. The average Bonchev–Trinajstić information content (AvgIpc) is 3.22. The quantitative estimate of drug-likeness (QED) is 0.288. The van der Waals surface area contributed by atoms with E-state index in [4.69, 9.17) is 5.10 Å². The zero-order valence-corrected chi connectivity index (χ0v) is 22.1. The van der Waals surface area contributed by atoms with Gasteiger partial charge < -0.3 is 10.2 Å². The molecule has 0 aliphatic carbocycles. The van der Waals surface area contributed by atoms with Gasteiger partial charge in [0, 0.05) is 17.2 Å². The molecule has 0 spiro atoms. The Morgan fingerprint density at radius 3 is 2.13 bits per heavy atom. The lowest BCUT2D eigenvalue weighted by atomic mass is 10.1. The molecule has 39 heavy (non-hydrogen) atoms. The van der Waals surface area contributed by atoms with Gasteiger partial charge in [-0.2, -0.15) is 18.3 Å². The standard InChI is InChI=1S/C30H29F3N4O2/c1-19(2)36(29(39)23-14-16-24(17-15-23)30(31,32)33)18-26(38)34-28-27(22-11-6-5-7-12-22)21(4)35-37(28)25-13-9-8-10-20(25)3/h5-17,19H,18H2,1-4H3,(H,34,38). The van der Waals surface area contributed by atoms with Crippen LogP contribution in [0.5, 0.6) is 0 Å². The van der Waals surface area contributed by atoms with Gasteiger partial charge in [-0.15, -0.1) is 0 Å². The van der Waals surface area contributed by atoms with E-state index in [1.54, 1.807) is 18.5 Å². The Labute approximate surface area is 225 Å². The SMILES string of the molecule is Cc1ccccc1-n1nc(C)c(-c2ccccc2)c1NC(=O)CN(C(=O)c1ccc(C(F)(F)F)cc1)C(C)C. The van der Waals surface area contributed by atoms with Gasteiger partial charge in [-0.05, 0) is 69.2 Å². The lowest BCUT2D eigenvalue weighted by Gasteiger charge is -2.26. The van der Waals surface area contributed by atoms with Crippen LogP contribution in [0.25, 0.3) is 16.8 Å². The van der Waals surface area contributed by atoms with Crippen LogP contribution in [0.3, 0.4) is 0 Å². The first-order valence-electron chi connectivity index (χ1n) is 12.5. The summed E-state index contributed by atoms with van der Waals surface area (Å²) in [7, 11) is 0. The number of para-hydroxylation sites is 1. The first kappa shape index (κ1) is 27.6. The number of carbonyl (C=O) groups excluding carboxylic acids is 2. The predicted octanol–water partition coefficient (Wildman–Crippen LogP) is 6.66. The van der Waals surface area contributed by atoms with Crippen LogP contribution in [0.2, 0.25) is 0 Å². The van der Waals surface area contributed by atoms with Gasteiger partial charge in [0.1, 0.15) is 12.4 Å². The third-order valence-electron chi connectivity index (χ3n) is 6.38. The van der Waals surface area contributed by atoms with Gasteiger partial charge >= 0.3 is 6.18 Å². The van der Waals surface area contributed by atoms with E-state index >= 15 is 0 Å². The number of nitrogens with one attached hydrogen (secondary N) is 1. The average molecular weight is 535 g/mol. The van der Waals surface area contributed by atoms with E-state index in [0.29, 0.717) is 11.5 Å². The van der Waals surface area contributed by atoms with Gasteiger partial charge in [-0.1, -0.05) is 48.5 Å². The Balaban J connectivity index is 1.66. The molecule has 1 heterocycles. The number of amides is 2. The molecule has 0 aliphatic heterocycles. The van der Waals surface area contributed by atoms with Crippen LogP contribution >= 0.6 is 0 Å². The van der Waals surface area contributed by atoms with Crippen molar-refractivity contribution < 1.29 is 22.8 Å². The van der Waals surface area contributed by atoms with E-state index in [2.05, 4.69) is 5.32 Å². The van der Waals surface area contributed by atoms with Crippen LogP contribution in [0.4, 0.5) is 19.0 Å². The maximum atomic E-state index is 13.4. The van der Waals surface area contributed by atoms with E-state index in [-0.39, 0.29) is 18.2 Å². The molecule has 1 N–H and O–H groups in total. The molecule has 4 aromatic rings. The highest BCUT2D eigenvalue weighted by Crippen LogP contribution is 2.34. The molecular formula is C30H29F3N4O2. The molecule has 0 unspecified atom stereocenters. The van der Waals surface area contributed by atoms with Crippen molar-refractivity contribution in [3.05, 3.63) is 101 Å². The van der Waals surface area contributed by atoms with Crippen LogP contribution in [-0.4, -0.2) is 39.1 Å². The molecule has 2 amide bonds. The Morgan fingerprint density at radius 2 is 1.54 bits per heavy atom. The lowest BCUT2D eigenvalue weighted by Crippen LogP contribution is -2.42. The molecule has 9 heteroatoms. The number of anilines is 1. The van der Waals surface area contributed by atoms with E-state index in [0.717, 1.165) is 46.6 Å². The van der Waals surface area contributed by atoms with Crippen molar-refractivity contribution in [2.75, 3.05) is 11.9 Å². The van der Waals surface area contributed by atoms with E-state index < -0.39 is 23.6 Å². The number of nitrogens with zero attached hydrogens (tertiary/aromatic N) is 3. The molecule has 0 radical (unpaired) electrons. The largest absolute Gasteiger partial charge is 0.416 e. The maximum absolute atomic E-state index is 13.4. The second kappa shape index (κ2) is 11.1. The second-order valence-electron chi connectivity index (χ2n) is 9.52. The van der Waals surface area contributed by atoms with Gasteiger partial charge in [0.05, 0.1) is 16.9 Å². The molecule has 6 nitrogen and oxygen atoms in total. The number of rotatable bonds is 7. The zero-order chi connectivity index (χ0) is 28.3. The smallest absolute Gasteiger partial charge is 0.327 e. The highest BCUT2D eigenvalue weighted by atomic mass is 19.4. The number of hydrogen-bond acceptors (Lipinski definition) is 3. The number of aryl methyl sites for hydroxylation is 2. The number of aromatic nitrogens is 2. The molecule has 3 aromatic carbocycles. The topological polar surface area (TPSA) is 67.2 Å². The summed E-state index contributed by atoms with van der Waals surface area (Å²) in [4.78, 5) is 27.9. The summed E-state index contributed by atoms with van der Waals surface area (Å²) >= 11 is 0. The number of carbonyl (C=O) groups is 2. The van der Waals surface area contributed by atoms with Gasteiger partial charge in [0.25, 0.3) is 5.91 Å². The van der Waals surface area contributed by atoms with Crippen LogP contribution in [0.15, 0.2) is 78.9 Å². The van der Waals surface area contributed by atoms with Crippen LogP contribution < -0.4 is 5.32 Å². The minimum atomic E-state index is -4.51. The molecule has 0 atom stereocenters. The van der Waals surface area contributed by atoms with Crippen LogP contribution in [0.1, 0.15) is 41.0 Å². The van der Waals surface area contributed by atoms with Crippen LogP contribution in [0, 0.1) is 13.8 Å². The molecule has 4 rings (SSSR count). The van der Waals surface area contributed by atoms with Crippen molar-refractivity contribution in [2.45, 2.75) is 39.9 Å². The van der Waals surface area contributed by atoms with Gasteiger partial charge in [0.15, 0.2) is 0 Å². The van der Waals surface area contributed by atoms with Crippen molar-refractivity contribution in [3.63, 3.8) is 0 Å². The fourth-order valence-corrected chi connectivity index (χ4v) is 4.35. The Bertz CT molecular complexity index is 1480. The summed E-state index contributed by atoms with van der Waals surface area (Å²) in [5.74, 6) is -0.541. The first-order chi connectivity index (χ1) is 18.5. The van der Waals surface area contributed by atoms with Crippen molar-refractivity contribution >= 4 is 17.6 Å².